The molecule has 0 saturated carbocycles. The molecule has 0 amide bonds. The van der Waals surface area contributed by atoms with Gasteiger partial charge in [0, 0.05) is 18.4 Å². The second-order valence-electron chi connectivity index (χ2n) is 4.62. The minimum absolute atomic E-state index is 0.243. The molecule has 0 radical (unpaired) electrons. The predicted molar refractivity (Wildman–Crippen MR) is 101 cm³/mol. The van der Waals surface area contributed by atoms with Gasteiger partial charge in [-0.05, 0) is 12.8 Å². The molecule has 0 spiro atoms. The number of rotatable bonds is 6. The minimum atomic E-state index is 0.243. The SMILES string of the molecule is C=CCC=CNN(C1=CC=[S-](C)=C1)C1=CCC(I)NC1. The van der Waals surface area contributed by atoms with Gasteiger partial charge in [-0.3, -0.25) is 10.3 Å². The molecule has 1 unspecified atom stereocenters. The Hall–Kier alpha value is -0.660. The van der Waals surface area contributed by atoms with Crippen LogP contribution >= 0.6 is 22.6 Å². The van der Waals surface area contributed by atoms with E-state index in [4.69, 9.17) is 0 Å². The second-order valence-corrected chi connectivity index (χ2v) is 7.85. The lowest BCUT2D eigenvalue weighted by Gasteiger charge is -2.32. The maximum atomic E-state index is 3.73. The van der Waals surface area contributed by atoms with E-state index in [9.17, 15) is 0 Å². The number of halogens is 1. The molecule has 0 aromatic rings. The third-order valence-corrected chi connectivity index (χ3v) is 5.12. The zero-order valence-corrected chi connectivity index (χ0v) is 14.7. The topological polar surface area (TPSA) is 27.3 Å². The summed E-state index contributed by atoms with van der Waals surface area (Å²) in [5, 5.41) is 10.2. The molecule has 20 heavy (non-hydrogen) atoms. The Morgan fingerprint density at radius 2 is 2.50 bits per heavy atom. The van der Waals surface area contributed by atoms with Crippen molar-refractivity contribution in [1.82, 2.24) is 15.8 Å². The summed E-state index contributed by atoms with van der Waals surface area (Å²) in [6.07, 6.45) is 14.6. The van der Waals surface area contributed by atoms with Crippen LogP contribution in [0.4, 0.5) is 0 Å². The molecule has 110 valence electrons. The molecule has 0 saturated heterocycles. The van der Waals surface area contributed by atoms with Gasteiger partial charge in [-0.1, -0.05) is 46.9 Å². The van der Waals surface area contributed by atoms with Crippen molar-refractivity contribution in [3.8, 4) is 0 Å². The molecule has 3 nitrogen and oxygen atoms in total. The van der Waals surface area contributed by atoms with Crippen molar-refractivity contribution in [2.45, 2.75) is 16.9 Å². The highest BCUT2D eigenvalue weighted by Crippen LogP contribution is 2.17. The Labute approximate surface area is 137 Å². The molecule has 5 heteroatoms. The van der Waals surface area contributed by atoms with E-state index in [-0.39, 0.29) is 10.1 Å². The van der Waals surface area contributed by atoms with Gasteiger partial charge in [0.05, 0.1) is 9.75 Å². The molecular weight excluding hydrogens is 381 g/mol. The van der Waals surface area contributed by atoms with Crippen LogP contribution in [-0.4, -0.2) is 32.6 Å². The van der Waals surface area contributed by atoms with Crippen LogP contribution in [0.15, 0.2) is 48.5 Å². The number of nitrogens with one attached hydrogen (secondary N) is 2. The van der Waals surface area contributed by atoms with Gasteiger partial charge in [-0.25, -0.2) is 0 Å². The third kappa shape index (κ3) is 4.43. The molecule has 0 aromatic heterocycles. The summed E-state index contributed by atoms with van der Waals surface area (Å²) >= 11 is 2.43. The van der Waals surface area contributed by atoms with Gasteiger partial charge in [-0.2, -0.15) is 10.7 Å². The largest absolute Gasteiger partial charge is 0.472 e. The van der Waals surface area contributed by atoms with Gasteiger partial charge >= 0.3 is 0 Å². The van der Waals surface area contributed by atoms with Crippen molar-refractivity contribution in [2.75, 3.05) is 12.8 Å². The quantitative estimate of drug-likeness (QED) is 0.136. The fraction of sp³-hybridized carbons (Fsp3) is 0.333. The molecule has 2 rings (SSSR count). The first kappa shape index (κ1) is 15.7. The highest BCUT2D eigenvalue weighted by molar-refractivity contribution is 14.1. The smallest absolute Gasteiger partial charge is 0.0632 e. The molecule has 1 atom stereocenters. The molecular formula is C15H21IN3S-. The van der Waals surface area contributed by atoms with Crippen LogP contribution in [0.1, 0.15) is 12.8 Å². The maximum absolute atomic E-state index is 3.73. The summed E-state index contributed by atoms with van der Waals surface area (Å²) in [6, 6.07) is 0. The van der Waals surface area contributed by atoms with Crippen molar-refractivity contribution in [2.24, 2.45) is 0 Å². The van der Waals surface area contributed by atoms with E-state index in [0.717, 1.165) is 19.4 Å². The normalized spacial score (nSPS) is 22.8. The van der Waals surface area contributed by atoms with Gasteiger partial charge in [0.15, 0.2) is 0 Å². The van der Waals surface area contributed by atoms with E-state index >= 15 is 0 Å². The molecule has 0 fully saturated rings. The Kier molecular flexibility index (Phi) is 6.25. The van der Waals surface area contributed by atoms with Crippen LogP contribution in [-0.2, 0) is 10.1 Å². The van der Waals surface area contributed by atoms with Crippen molar-refractivity contribution in [1.29, 1.82) is 0 Å². The average Bonchev–Trinajstić information content (AvgIpc) is 2.87. The number of hydrazine groups is 1. The van der Waals surface area contributed by atoms with Crippen LogP contribution in [0.2, 0.25) is 0 Å². The number of hydrogen-bond donors (Lipinski definition) is 2. The lowest BCUT2D eigenvalue weighted by molar-refractivity contribution is 0.359. The van der Waals surface area contributed by atoms with Crippen molar-refractivity contribution < 1.29 is 0 Å². The van der Waals surface area contributed by atoms with E-state index in [1.807, 2.05) is 12.3 Å². The van der Waals surface area contributed by atoms with Gasteiger partial charge in [-0.15, -0.1) is 12.8 Å². The van der Waals surface area contributed by atoms with E-state index in [1.165, 1.54) is 11.4 Å². The number of hydrogen-bond acceptors (Lipinski definition) is 4. The summed E-state index contributed by atoms with van der Waals surface area (Å²) in [5.74, 6) is 0. The summed E-state index contributed by atoms with van der Waals surface area (Å²) in [7, 11) is 0.243. The Morgan fingerprint density at radius 3 is 3.10 bits per heavy atom. The summed E-state index contributed by atoms with van der Waals surface area (Å²) in [6.45, 7) is 4.61. The first-order valence-corrected chi connectivity index (χ1v) is 9.63. The standard InChI is InChI=1S/C15H21IN3S/c1-3-4-5-9-18-19(14-8-10-20(2)12-14)13-6-7-15(16)17-11-13/h3,5-6,8-10,12,15,17-18H,1,4,7,11H2,2H3/q-1. The van der Waals surface area contributed by atoms with Crippen molar-refractivity contribution in [3.63, 3.8) is 0 Å². The highest BCUT2D eigenvalue weighted by Gasteiger charge is 2.16. The maximum Gasteiger partial charge on any atom is 0.0632 e. The third-order valence-electron chi connectivity index (χ3n) is 2.99. The molecule has 2 N–H and O–H groups in total. The Bertz CT molecular complexity index is 539. The molecule has 0 aliphatic carbocycles. The number of allylic oxidation sites excluding steroid dienone is 4. The number of nitrogens with zero attached hydrogens (tertiary/aromatic N) is 1. The molecule has 2 heterocycles. The minimum Gasteiger partial charge on any atom is -0.472 e. The van der Waals surface area contributed by atoms with E-state index in [2.05, 4.69) is 80.1 Å². The zero-order chi connectivity index (χ0) is 14.4. The molecule has 2 aliphatic heterocycles. The molecule has 2 aliphatic rings. The summed E-state index contributed by atoms with van der Waals surface area (Å²) in [4.78, 5) is 0. The number of alkyl halides is 1. The Morgan fingerprint density at radius 1 is 1.65 bits per heavy atom. The summed E-state index contributed by atoms with van der Waals surface area (Å²) in [5.41, 5.74) is 5.88. The zero-order valence-electron chi connectivity index (χ0n) is 11.7. The second kappa shape index (κ2) is 7.95. The first-order chi connectivity index (χ1) is 9.70. The van der Waals surface area contributed by atoms with Crippen LogP contribution in [0.3, 0.4) is 0 Å². The van der Waals surface area contributed by atoms with E-state index in [1.54, 1.807) is 0 Å². The lowest BCUT2D eigenvalue weighted by Crippen LogP contribution is -2.41. The fourth-order valence-electron chi connectivity index (χ4n) is 1.97. The fourth-order valence-corrected chi connectivity index (χ4v) is 3.44. The van der Waals surface area contributed by atoms with E-state index in [0.29, 0.717) is 4.05 Å². The van der Waals surface area contributed by atoms with Gasteiger partial charge in [0.2, 0.25) is 0 Å². The van der Waals surface area contributed by atoms with Crippen LogP contribution in [0.25, 0.3) is 0 Å². The monoisotopic (exact) mass is 402 g/mol. The molecule has 0 bridgehead atoms. The van der Waals surface area contributed by atoms with E-state index < -0.39 is 0 Å². The molecule has 0 aromatic carbocycles. The highest BCUT2D eigenvalue weighted by atomic mass is 127. The summed E-state index contributed by atoms with van der Waals surface area (Å²) < 4.78 is 0.531. The van der Waals surface area contributed by atoms with Gasteiger partial charge in [0.25, 0.3) is 0 Å². The van der Waals surface area contributed by atoms with Gasteiger partial charge < -0.3 is 15.5 Å². The average molecular weight is 402 g/mol. The Balaban J connectivity index is 2.10. The van der Waals surface area contributed by atoms with Crippen LogP contribution in [0, 0.1) is 0 Å². The lowest BCUT2D eigenvalue weighted by atomic mass is 10.2. The first-order valence-electron chi connectivity index (χ1n) is 6.63. The predicted octanol–water partition coefficient (Wildman–Crippen LogP) is 2.27. The van der Waals surface area contributed by atoms with Crippen molar-refractivity contribution >= 4 is 43.4 Å². The van der Waals surface area contributed by atoms with Crippen LogP contribution < -0.4 is 10.7 Å². The van der Waals surface area contributed by atoms with Gasteiger partial charge in [0.1, 0.15) is 0 Å². The van der Waals surface area contributed by atoms with Crippen molar-refractivity contribution in [3.05, 3.63) is 48.5 Å². The van der Waals surface area contributed by atoms with Crippen LogP contribution in [0.5, 0.6) is 0 Å².